The summed E-state index contributed by atoms with van der Waals surface area (Å²) >= 11 is 0. The molecule has 11 aromatic rings. The molecular formula is C59H34F3N5. The van der Waals surface area contributed by atoms with Crippen molar-refractivity contribution in [3.63, 3.8) is 0 Å². The van der Waals surface area contributed by atoms with Crippen LogP contribution < -0.4 is 0 Å². The standard InChI is InChI=1S/C59H34F3N5/c1-36-12-11-18-50(59(60,61)62)58(36)40-25-29-57(67-53-21-10-6-16-44(53)47-31-38(23-27-55(47)67)42-14-4-3-13-41(42)35-64)49(33-40)46-30-37(34-63)22-26-54(46)66-52-20-9-7-17-45(52)48-32-39(24-28-56(48)66)43-15-5-8-19-51(43)65-2/h3-33H,1H3. The van der Waals surface area contributed by atoms with Crippen LogP contribution >= 0.6 is 0 Å². The summed E-state index contributed by atoms with van der Waals surface area (Å²) in [7, 11) is 0. The maximum absolute atomic E-state index is 14.9. The molecule has 0 saturated heterocycles. The highest BCUT2D eigenvalue weighted by Crippen LogP contribution is 2.46. The van der Waals surface area contributed by atoms with Crippen LogP contribution in [0.4, 0.5) is 18.9 Å². The first-order chi connectivity index (χ1) is 32.7. The van der Waals surface area contributed by atoms with E-state index in [1.54, 1.807) is 31.2 Å². The summed E-state index contributed by atoms with van der Waals surface area (Å²) in [6.07, 6.45) is -4.63. The number of halogens is 3. The van der Waals surface area contributed by atoms with Crippen LogP contribution in [-0.4, -0.2) is 9.13 Å². The van der Waals surface area contributed by atoms with E-state index in [0.717, 1.165) is 77.6 Å². The number of rotatable bonds is 6. The number of nitriles is 2. The van der Waals surface area contributed by atoms with E-state index in [4.69, 9.17) is 6.57 Å². The van der Waals surface area contributed by atoms with Crippen molar-refractivity contribution in [2.24, 2.45) is 0 Å². The Balaban J connectivity index is 1.24. The van der Waals surface area contributed by atoms with Crippen LogP contribution in [0.25, 0.3) is 104 Å². The van der Waals surface area contributed by atoms with Gasteiger partial charge in [-0.15, -0.1) is 0 Å². The highest BCUT2D eigenvalue weighted by molar-refractivity contribution is 6.13. The Labute approximate surface area is 383 Å². The summed E-state index contributed by atoms with van der Waals surface area (Å²) in [6, 6.07) is 63.3. The predicted molar refractivity (Wildman–Crippen MR) is 262 cm³/mol. The summed E-state index contributed by atoms with van der Waals surface area (Å²) < 4.78 is 49.1. The molecule has 0 radical (unpaired) electrons. The van der Waals surface area contributed by atoms with Gasteiger partial charge in [-0.05, 0) is 125 Å². The minimum atomic E-state index is -4.63. The lowest BCUT2D eigenvalue weighted by Crippen LogP contribution is -2.08. The Morgan fingerprint density at radius 2 is 1.01 bits per heavy atom. The second kappa shape index (κ2) is 15.8. The predicted octanol–water partition coefficient (Wildman–Crippen LogP) is 16.2. The summed E-state index contributed by atoms with van der Waals surface area (Å²) in [5.74, 6) is 0. The van der Waals surface area contributed by atoms with Crippen molar-refractivity contribution in [2.75, 3.05) is 0 Å². The molecule has 9 aromatic carbocycles. The Bertz CT molecular complexity index is 3980. The van der Waals surface area contributed by atoms with Crippen LogP contribution in [0.15, 0.2) is 188 Å². The number of aromatic nitrogens is 2. The van der Waals surface area contributed by atoms with E-state index in [1.165, 1.54) is 6.07 Å². The number of nitrogens with zero attached hydrogens (tertiary/aromatic N) is 5. The molecule has 8 heteroatoms. The van der Waals surface area contributed by atoms with Crippen molar-refractivity contribution < 1.29 is 13.2 Å². The molecule has 0 aliphatic heterocycles. The van der Waals surface area contributed by atoms with Gasteiger partial charge in [-0.1, -0.05) is 109 Å². The van der Waals surface area contributed by atoms with Gasteiger partial charge in [0, 0.05) is 32.7 Å². The quantitative estimate of drug-likeness (QED) is 0.156. The van der Waals surface area contributed by atoms with E-state index in [0.29, 0.717) is 44.8 Å². The molecule has 0 unspecified atom stereocenters. The topological polar surface area (TPSA) is 61.8 Å². The Kier molecular flexibility index (Phi) is 9.59. The van der Waals surface area contributed by atoms with Crippen molar-refractivity contribution in [1.82, 2.24) is 9.13 Å². The van der Waals surface area contributed by atoms with Gasteiger partial charge in [-0.2, -0.15) is 23.7 Å². The molecule has 0 saturated carbocycles. The normalized spacial score (nSPS) is 11.5. The fraction of sp³-hybridized carbons (Fsp3) is 0.0339. The number of para-hydroxylation sites is 3. The van der Waals surface area contributed by atoms with E-state index in [-0.39, 0.29) is 5.56 Å². The Morgan fingerprint density at radius 3 is 1.64 bits per heavy atom. The van der Waals surface area contributed by atoms with E-state index in [2.05, 4.69) is 50.4 Å². The molecule has 0 amide bonds. The summed E-state index contributed by atoms with van der Waals surface area (Å²) in [5.41, 5.74) is 11.2. The smallest absolute Gasteiger partial charge is 0.309 e. The Morgan fingerprint density at radius 1 is 0.478 bits per heavy atom. The molecule has 0 N–H and O–H groups in total. The fourth-order valence-electron chi connectivity index (χ4n) is 9.85. The molecule has 2 heterocycles. The minimum Gasteiger partial charge on any atom is -0.309 e. The van der Waals surface area contributed by atoms with Gasteiger partial charge >= 0.3 is 6.18 Å². The maximum Gasteiger partial charge on any atom is 0.417 e. The number of aryl methyl sites for hydroxylation is 1. The van der Waals surface area contributed by atoms with E-state index in [1.807, 2.05) is 127 Å². The lowest BCUT2D eigenvalue weighted by molar-refractivity contribution is -0.137. The van der Waals surface area contributed by atoms with Gasteiger partial charge in [0.2, 0.25) is 0 Å². The number of benzene rings is 9. The molecule has 0 bridgehead atoms. The molecule has 0 aliphatic rings. The first kappa shape index (κ1) is 40.6. The van der Waals surface area contributed by atoms with Crippen LogP contribution in [0.3, 0.4) is 0 Å². The number of alkyl halides is 3. The SMILES string of the molecule is [C-]#[N+]c1ccccc1-c1ccc2c(c1)c1ccccc1n2-c1ccc(C#N)cc1-c1cc(-c2c(C)cccc2C(F)(F)F)ccc1-n1c2ccccc2c2cc(-c3ccccc3C#N)ccc21. The van der Waals surface area contributed by atoms with Crippen molar-refractivity contribution in [3.8, 4) is 68.0 Å². The molecule has 0 spiro atoms. The third kappa shape index (κ3) is 6.61. The second-order valence-corrected chi connectivity index (χ2v) is 16.5. The van der Waals surface area contributed by atoms with Gasteiger partial charge in [-0.25, -0.2) is 4.85 Å². The molecule has 316 valence electrons. The molecule has 2 aromatic heterocycles. The van der Waals surface area contributed by atoms with Crippen LogP contribution in [0.5, 0.6) is 0 Å². The van der Waals surface area contributed by atoms with Crippen LogP contribution in [-0.2, 0) is 6.18 Å². The average Bonchev–Trinajstić information content (AvgIpc) is 3.87. The van der Waals surface area contributed by atoms with E-state index < -0.39 is 11.7 Å². The molecule has 0 fully saturated rings. The fourth-order valence-corrected chi connectivity index (χ4v) is 9.85. The highest BCUT2D eigenvalue weighted by Gasteiger charge is 2.34. The third-order valence-electron chi connectivity index (χ3n) is 12.8. The molecular weight excluding hydrogens is 836 g/mol. The van der Waals surface area contributed by atoms with Gasteiger partial charge in [0.25, 0.3) is 0 Å². The van der Waals surface area contributed by atoms with Gasteiger partial charge in [0.15, 0.2) is 5.69 Å². The zero-order valence-corrected chi connectivity index (χ0v) is 35.8. The summed E-state index contributed by atoms with van der Waals surface area (Å²) in [5, 5.41) is 24.3. The zero-order chi connectivity index (χ0) is 46.0. The van der Waals surface area contributed by atoms with Crippen LogP contribution in [0.2, 0.25) is 0 Å². The maximum atomic E-state index is 14.9. The summed E-state index contributed by atoms with van der Waals surface area (Å²) in [6.45, 7) is 9.55. The number of fused-ring (bicyclic) bond motifs is 6. The Hall–Kier alpha value is -9.16. The van der Waals surface area contributed by atoms with Crippen molar-refractivity contribution in [3.05, 3.63) is 222 Å². The van der Waals surface area contributed by atoms with Gasteiger partial charge < -0.3 is 9.13 Å². The van der Waals surface area contributed by atoms with Crippen LogP contribution in [0, 0.1) is 36.2 Å². The second-order valence-electron chi connectivity index (χ2n) is 16.5. The minimum absolute atomic E-state index is 0.0768. The average molecular weight is 870 g/mol. The first-order valence-corrected chi connectivity index (χ1v) is 21.6. The largest absolute Gasteiger partial charge is 0.417 e. The van der Waals surface area contributed by atoms with Crippen molar-refractivity contribution >= 4 is 49.3 Å². The molecule has 0 atom stereocenters. The van der Waals surface area contributed by atoms with Gasteiger partial charge in [-0.3, -0.25) is 0 Å². The van der Waals surface area contributed by atoms with Gasteiger partial charge in [0.1, 0.15) is 0 Å². The molecule has 67 heavy (non-hydrogen) atoms. The third-order valence-corrected chi connectivity index (χ3v) is 12.8. The summed E-state index contributed by atoms with van der Waals surface area (Å²) in [4.78, 5) is 3.79. The van der Waals surface area contributed by atoms with E-state index >= 15 is 0 Å². The lowest BCUT2D eigenvalue weighted by Gasteiger charge is -2.21. The zero-order valence-electron chi connectivity index (χ0n) is 35.8. The monoisotopic (exact) mass is 869 g/mol. The van der Waals surface area contributed by atoms with Crippen molar-refractivity contribution in [2.45, 2.75) is 13.1 Å². The number of hydrogen-bond donors (Lipinski definition) is 0. The van der Waals surface area contributed by atoms with E-state index in [9.17, 15) is 23.7 Å². The molecule has 5 nitrogen and oxygen atoms in total. The molecule has 11 rings (SSSR count). The van der Waals surface area contributed by atoms with Crippen molar-refractivity contribution in [1.29, 1.82) is 10.5 Å². The molecule has 0 aliphatic carbocycles. The number of hydrogen-bond acceptors (Lipinski definition) is 2. The lowest BCUT2D eigenvalue weighted by atomic mass is 9.90. The van der Waals surface area contributed by atoms with Crippen LogP contribution in [0.1, 0.15) is 22.3 Å². The first-order valence-electron chi connectivity index (χ1n) is 21.6. The highest BCUT2D eigenvalue weighted by atomic mass is 19.4. The van der Waals surface area contributed by atoms with Gasteiger partial charge in [0.05, 0.1) is 68.8 Å².